The summed E-state index contributed by atoms with van der Waals surface area (Å²) >= 11 is 0. The molecule has 0 spiro atoms. The molecular weight excluding hydrogens is 344 g/mol. The van der Waals surface area contributed by atoms with Gasteiger partial charge in [0.05, 0.1) is 11.4 Å². The first-order valence-electron chi connectivity index (χ1n) is 9.59. The van der Waals surface area contributed by atoms with Gasteiger partial charge in [0, 0.05) is 29.6 Å². The van der Waals surface area contributed by atoms with Gasteiger partial charge in [0.1, 0.15) is 5.75 Å². The standard InChI is InChI=1S/C20H24N4O3/c1-2-9-21-20(27)24-17(12-3-4-12)11-16(23-24)15-10-14(7-8-18(15)25)22-19(26)13-5-6-13/h7-8,10-13,25H,2-6,9H2,1H3,(H,21,27)(H,22,26). The molecule has 1 heterocycles. The number of rotatable bonds is 6. The SMILES string of the molecule is CCCNC(=O)n1nc(-c2cc(NC(=O)C3CC3)ccc2O)cc1C1CC1. The van der Waals surface area contributed by atoms with E-state index in [0.29, 0.717) is 29.4 Å². The van der Waals surface area contributed by atoms with Crippen molar-refractivity contribution in [2.75, 3.05) is 11.9 Å². The van der Waals surface area contributed by atoms with Crippen molar-refractivity contribution in [3.8, 4) is 17.0 Å². The molecule has 0 unspecified atom stereocenters. The van der Waals surface area contributed by atoms with Crippen LogP contribution in [0, 0.1) is 5.92 Å². The minimum atomic E-state index is -0.248. The monoisotopic (exact) mass is 368 g/mol. The van der Waals surface area contributed by atoms with Crippen molar-refractivity contribution in [3.05, 3.63) is 30.0 Å². The normalized spacial score (nSPS) is 16.2. The lowest BCUT2D eigenvalue weighted by Crippen LogP contribution is -2.31. The number of aromatic hydroxyl groups is 1. The summed E-state index contributed by atoms with van der Waals surface area (Å²) in [6.45, 7) is 2.59. The zero-order valence-electron chi connectivity index (χ0n) is 15.4. The van der Waals surface area contributed by atoms with E-state index in [1.165, 1.54) is 4.68 Å². The van der Waals surface area contributed by atoms with Crippen LogP contribution in [0.2, 0.25) is 0 Å². The Balaban J connectivity index is 1.64. The van der Waals surface area contributed by atoms with Crippen molar-refractivity contribution in [2.45, 2.75) is 44.9 Å². The topological polar surface area (TPSA) is 96.3 Å². The third-order valence-corrected chi connectivity index (χ3v) is 4.94. The molecule has 0 saturated heterocycles. The number of benzene rings is 1. The van der Waals surface area contributed by atoms with Crippen LogP contribution in [-0.2, 0) is 4.79 Å². The Kier molecular flexibility index (Phi) is 4.59. The van der Waals surface area contributed by atoms with E-state index < -0.39 is 0 Å². The minimum absolute atomic E-state index is 0.00906. The lowest BCUT2D eigenvalue weighted by molar-refractivity contribution is -0.117. The molecule has 2 fully saturated rings. The molecule has 0 radical (unpaired) electrons. The van der Waals surface area contributed by atoms with Gasteiger partial charge < -0.3 is 15.7 Å². The van der Waals surface area contributed by atoms with Gasteiger partial charge in [-0.1, -0.05) is 6.92 Å². The summed E-state index contributed by atoms with van der Waals surface area (Å²) in [5, 5.41) is 20.5. The Labute approximate surface area is 157 Å². The van der Waals surface area contributed by atoms with E-state index in [-0.39, 0.29) is 23.6 Å². The lowest BCUT2D eigenvalue weighted by atomic mass is 10.1. The highest BCUT2D eigenvalue weighted by molar-refractivity contribution is 5.95. The molecule has 27 heavy (non-hydrogen) atoms. The third kappa shape index (κ3) is 3.82. The second-order valence-corrected chi connectivity index (χ2v) is 7.37. The first kappa shape index (κ1) is 17.6. The maximum absolute atomic E-state index is 12.5. The largest absolute Gasteiger partial charge is 0.507 e. The van der Waals surface area contributed by atoms with Gasteiger partial charge in [-0.2, -0.15) is 9.78 Å². The molecule has 3 N–H and O–H groups in total. The molecular formula is C20H24N4O3. The molecule has 4 rings (SSSR count). The quantitative estimate of drug-likeness (QED) is 0.681. The summed E-state index contributed by atoms with van der Waals surface area (Å²) in [6, 6.07) is 6.55. The number of phenols is 1. The Bertz CT molecular complexity index is 881. The highest BCUT2D eigenvalue weighted by atomic mass is 16.3. The van der Waals surface area contributed by atoms with Crippen LogP contribution in [-0.4, -0.2) is 33.4 Å². The number of phenolic OH excluding ortho intramolecular Hbond substituents is 1. The van der Waals surface area contributed by atoms with Crippen molar-refractivity contribution in [3.63, 3.8) is 0 Å². The molecule has 7 heteroatoms. The predicted molar refractivity (Wildman–Crippen MR) is 102 cm³/mol. The predicted octanol–water partition coefficient (Wildman–Crippen LogP) is 3.45. The van der Waals surface area contributed by atoms with Crippen molar-refractivity contribution in [1.82, 2.24) is 15.1 Å². The number of nitrogens with zero attached hydrogens (tertiary/aromatic N) is 2. The summed E-state index contributed by atoms with van der Waals surface area (Å²) < 4.78 is 1.41. The molecule has 142 valence electrons. The molecule has 0 aliphatic heterocycles. The summed E-state index contributed by atoms with van der Waals surface area (Å²) in [6.07, 6.45) is 4.78. The van der Waals surface area contributed by atoms with Gasteiger partial charge >= 0.3 is 6.03 Å². The van der Waals surface area contributed by atoms with Crippen LogP contribution in [0.1, 0.15) is 50.6 Å². The fourth-order valence-electron chi connectivity index (χ4n) is 3.08. The maximum Gasteiger partial charge on any atom is 0.342 e. The van der Waals surface area contributed by atoms with Crippen LogP contribution in [0.25, 0.3) is 11.3 Å². The Morgan fingerprint density at radius 3 is 2.67 bits per heavy atom. The molecule has 2 aliphatic carbocycles. The number of aromatic nitrogens is 2. The van der Waals surface area contributed by atoms with E-state index in [1.54, 1.807) is 18.2 Å². The van der Waals surface area contributed by atoms with Crippen molar-refractivity contribution < 1.29 is 14.7 Å². The Hall–Kier alpha value is -2.83. The molecule has 1 aromatic carbocycles. The Morgan fingerprint density at radius 2 is 2.00 bits per heavy atom. The number of hydrogen-bond acceptors (Lipinski definition) is 4. The van der Waals surface area contributed by atoms with Gasteiger partial charge in [-0.25, -0.2) is 4.79 Å². The fourth-order valence-corrected chi connectivity index (χ4v) is 3.08. The molecule has 0 bridgehead atoms. The van der Waals surface area contributed by atoms with Crippen molar-refractivity contribution in [1.29, 1.82) is 0 Å². The lowest BCUT2D eigenvalue weighted by Gasteiger charge is -2.08. The third-order valence-electron chi connectivity index (χ3n) is 4.94. The molecule has 0 atom stereocenters. The second-order valence-electron chi connectivity index (χ2n) is 7.37. The highest BCUT2D eigenvalue weighted by Gasteiger charge is 2.31. The van der Waals surface area contributed by atoms with E-state index in [9.17, 15) is 14.7 Å². The Morgan fingerprint density at radius 1 is 1.22 bits per heavy atom. The van der Waals surface area contributed by atoms with Gasteiger partial charge in [0.2, 0.25) is 5.91 Å². The van der Waals surface area contributed by atoms with E-state index in [2.05, 4.69) is 15.7 Å². The van der Waals surface area contributed by atoms with Crippen LogP contribution in [0.5, 0.6) is 5.75 Å². The van der Waals surface area contributed by atoms with Crippen LogP contribution in [0.4, 0.5) is 10.5 Å². The van der Waals surface area contributed by atoms with E-state index in [4.69, 9.17) is 0 Å². The molecule has 7 nitrogen and oxygen atoms in total. The molecule has 2 aromatic rings. The van der Waals surface area contributed by atoms with Gasteiger partial charge in [0.25, 0.3) is 0 Å². The van der Waals surface area contributed by atoms with Crippen LogP contribution < -0.4 is 10.6 Å². The van der Waals surface area contributed by atoms with Gasteiger partial charge in [-0.05, 0) is 56.4 Å². The summed E-state index contributed by atoms with van der Waals surface area (Å²) in [5.74, 6) is 0.513. The second kappa shape index (κ2) is 7.06. The van der Waals surface area contributed by atoms with E-state index >= 15 is 0 Å². The number of hydrogen-bond donors (Lipinski definition) is 3. The van der Waals surface area contributed by atoms with Gasteiger partial charge in [-0.15, -0.1) is 0 Å². The van der Waals surface area contributed by atoms with Crippen LogP contribution in [0.3, 0.4) is 0 Å². The minimum Gasteiger partial charge on any atom is -0.507 e. The zero-order chi connectivity index (χ0) is 19.0. The summed E-state index contributed by atoms with van der Waals surface area (Å²) in [7, 11) is 0. The summed E-state index contributed by atoms with van der Waals surface area (Å²) in [5.41, 5.74) is 2.53. The summed E-state index contributed by atoms with van der Waals surface area (Å²) in [4.78, 5) is 24.5. The number of anilines is 1. The first-order chi connectivity index (χ1) is 13.1. The van der Waals surface area contributed by atoms with Gasteiger partial charge in [-0.3, -0.25) is 4.79 Å². The zero-order valence-corrected chi connectivity index (χ0v) is 15.4. The fraction of sp³-hybridized carbons (Fsp3) is 0.450. The number of carbonyl (C=O) groups excluding carboxylic acids is 2. The van der Waals surface area contributed by atoms with Crippen molar-refractivity contribution in [2.24, 2.45) is 5.92 Å². The first-order valence-corrected chi connectivity index (χ1v) is 9.59. The van der Waals surface area contributed by atoms with Gasteiger partial charge in [0.15, 0.2) is 0 Å². The van der Waals surface area contributed by atoms with Crippen LogP contribution in [0.15, 0.2) is 24.3 Å². The molecule has 2 amide bonds. The highest BCUT2D eigenvalue weighted by Crippen LogP contribution is 2.42. The van der Waals surface area contributed by atoms with Crippen molar-refractivity contribution >= 4 is 17.6 Å². The smallest absolute Gasteiger partial charge is 0.342 e. The number of nitrogens with one attached hydrogen (secondary N) is 2. The maximum atomic E-state index is 12.5. The molecule has 2 saturated carbocycles. The average Bonchev–Trinajstić information content (AvgIpc) is 3.58. The van der Waals surface area contributed by atoms with Crippen LogP contribution >= 0.6 is 0 Å². The number of amides is 2. The number of carbonyl (C=O) groups is 2. The van der Waals surface area contributed by atoms with E-state index in [1.807, 2.05) is 13.0 Å². The van der Waals surface area contributed by atoms with E-state index in [0.717, 1.165) is 37.8 Å². The molecule has 2 aliphatic rings. The average molecular weight is 368 g/mol. The molecule has 1 aromatic heterocycles.